The zero-order chi connectivity index (χ0) is 20.6. The van der Waals surface area contributed by atoms with Crippen LogP contribution in [0.25, 0.3) is 0 Å². The smallest absolute Gasteiger partial charge is 0.252 e. The van der Waals surface area contributed by atoms with E-state index in [-0.39, 0.29) is 31.3 Å². The Kier molecular flexibility index (Phi) is 5.65. The van der Waals surface area contributed by atoms with Crippen LogP contribution in [0.3, 0.4) is 0 Å². The number of halogens is 1. The Morgan fingerprint density at radius 2 is 1.86 bits per heavy atom. The molecule has 2 saturated heterocycles. The number of anilines is 1. The van der Waals surface area contributed by atoms with E-state index in [4.69, 9.17) is 11.6 Å². The van der Waals surface area contributed by atoms with Crippen molar-refractivity contribution in [2.75, 3.05) is 37.6 Å². The zero-order valence-electron chi connectivity index (χ0n) is 15.5. The molecule has 2 amide bonds. The molecule has 3 heterocycles. The molecular weight excluding hydrogens is 434 g/mol. The van der Waals surface area contributed by atoms with Crippen molar-refractivity contribution < 1.29 is 18.0 Å². The molecule has 7 nitrogen and oxygen atoms in total. The summed E-state index contributed by atoms with van der Waals surface area (Å²) in [6.45, 7) is 1.47. The van der Waals surface area contributed by atoms with Gasteiger partial charge in [0.25, 0.3) is 10.0 Å². The normalized spacial score (nSPS) is 21.0. The van der Waals surface area contributed by atoms with Crippen LogP contribution in [0.1, 0.15) is 6.42 Å². The summed E-state index contributed by atoms with van der Waals surface area (Å²) in [5.41, 5.74) is 0.685. The van der Waals surface area contributed by atoms with Gasteiger partial charge in [-0.1, -0.05) is 23.7 Å². The van der Waals surface area contributed by atoms with Crippen LogP contribution in [0.15, 0.2) is 46.0 Å². The van der Waals surface area contributed by atoms with Crippen molar-refractivity contribution in [1.29, 1.82) is 0 Å². The Morgan fingerprint density at radius 3 is 2.52 bits per heavy atom. The molecule has 0 saturated carbocycles. The van der Waals surface area contributed by atoms with Crippen LogP contribution >= 0.6 is 22.9 Å². The second-order valence-electron chi connectivity index (χ2n) is 7.05. The third-order valence-corrected chi connectivity index (χ3v) is 8.74. The summed E-state index contributed by atoms with van der Waals surface area (Å²) >= 11 is 7.20. The number of carbonyl (C=O) groups is 2. The first kappa shape index (κ1) is 20.3. The Bertz CT molecular complexity index is 1020. The van der Waals surface area contributed by atoms with E-state index < -0.39 is 15.9 Å². The van der Waals surface area contributed by atoms with Crippen LogP contribution in [-0.2, 0) is 19.6 Å². The number of amides is 2. The number of nitrogens with zero attached hydrogens (tertiary/aromatic N) is 3. The van der Waals surface area contributed by atoms with Crippen molar-refractivity contribution in [2.24, 2.45) is 5.92 Å². The highest BCUT2D eigenvalue weighted by molar-refractivity contribution is 7.91. The number of thiophene rings is 1. The van der Waals surface area contributed by atoms with Gasteiger partial charge in [0.15, 0.2) is 0 Å². The lowest BCUT2D eigenvalue weighted by Crippen LogP contribution is -2.52. The molecule has 2 aromatic rings. The summed E-state index contributed by atoms with van der Waals surface area (Å²) in [6.07, 6.45) is 0.152. The molecule has 29 heavy (non-hydrogen) atoms. The van der Waals surface area contributed by atoms with E-state index in [2.05, 4.69) is 0 Å². The lowest BCUT2D eigenvalue weighted by Gasteiger charge is -2.34. The standard InChI is InChI=1S/C19H20ClN3O4S2/c20-15-3-1-4-16(12-15)23-13-14(11-17(23)24)19(25)21-6-8-22(9-7-21)29(26,27)18-5-2-10-28-18/h1-5,10,12,14H,6-9,11,13H2. The van der Waals surface area contributed by atoms with E-state index in [0.717, 1.165) is 0 Å². The molecular formula is C19H20ClN3O4S2. The quantitative estimate of drug-likeness (QED) is 0.711. The average Bonchev–Trinajstić information content (AvgIpc) is 3.38. The van der Waals surface area contributed by atoms with E-state index in [1.54, 1.807) is 51.6 Å². The Balaban J connectivity index is 1.38. The highest BCUT2D eigenvalue weighted by Gasteiger charge is 2.39. The van der Waals surface area contributed by atoms with Gasteiger partial charge in [-0.3, -0.25) is 9.59 Å². The van der Waals surface area contributed by atoms with Crippen molar-refractivity contribution in [3.63, 3.8) is 0 Å². The summed E-state index contributed by atoms with van der Waals surface area (Å²) in [5.74, 6) is -0.637. The molecule has 0 bridgehead atoms. The number of hydrogen-bond donors (Lipinski definition) is 0. The summed E-state index contributed by atoms with van der Waals surface area (Å²) in [7, 11) is -3.51. The molecule has 2 aliphatic rings. The molecule has 10 heteroatoms. The maximum Gasteiger partial charge on any atom is 0.252 e. The number of benzene rings is 1. The summed E-state index contributed by atoms with van der Waals surface area (Å²) in [4.78, 5) is 28.6. The van der Waals surface area contributed by atoms with Gasteiger partial charge in [-0.15, -0.1) is 11.3 Å². The first-order chi connectivity index (χ1) is 13.9. The molecule has 0 spiro atoms. The fraction of sp³-hybridized carbons (Fsp3) is 0.368. The minimum atomic E-state index is -3.51. The van der Waals surface area contributed by atoms with Gasteiger partial charge in [0.2, 0.25) is 11.8 Å². The number of hydrogen-bond acceptors (Lipinski definition) is 5. The van der Waals surface area contributed by atoms with Gasteiger partial charge in [-0.05, 0) is 29.6 Å². The summed E-state index contributed by atoms with van der Waals surface area (Å²) < 4.78 is 27.0. The van der Waals surface area contributed by atoms with Gasteiger partial charge >= 0.3 is 0 Å². The minimum absolute atomic E-state index is 0.101. The first-order valence-corrected chi connectivity index (χ1v) is 11.9. The Labute approximate surface area is 178 Å². The van der Waals surface area contributed by atoms with Crippen LogP contribution in [0, 0.1) is 5.92 Å². The van der Waals surface area contributed by atoms with Crippen molar-refractivity contribution in [3.8, 4) is 0 Å². The molecule has 1 atom stereocenters. The molecule has 1 aromatic heterocycles. The maximum atomic E-state index is 12.9. The number of piperazine rings is 1. The Morgan fingerprint density at radius 1 is 1.10 bits per heavy atom. The van der Waals surface area contributed by atoms with Crippen LogP contribution in [0.5, 0.6) is 0 Å². The van der Waals surface area contributed by atoms with Crippen LogP contribution in [0.2, 0.25) is 5.02 Å². The average molecular weight is 454 g/mol. The van der Waals surface area contributed by atoms with E-state index in [0.29, 0.717) is 34.6 Å². The molecule has 0 aliphatic carbocycles. The third kappa shape index (κ3) is 4.05. The summed E-state index contributed by atoms with van der Waals surface area (Å²) in [5, 5.41) is 2.27. The van der Waals surface area contributed by atoms with Gasteiger partial charge < -0.3 is 9.80 Å². The molecule has 4 rings (SSSR count). The lowest BCUT2D eigenvalue weighted by molar-refractivity contribution is -0.136. The second-order valence-corrected chi connectivity index (χ2v) is 10.6. The topological polar surface area (TPSA) is 78.0 Å². The maximum absolute atomic E-state index is 12.9. The molecule has 0 radical (unpaired) electrons. The molecule has 1 unspecified atom stereocenters. The van der Waals surface area contributed by atoms with Gasteiger partial charge in [0.05, 0.1) is 5.92 Å². The zero-order valence-corrected chi connectivity index (χ0v) is 17.9. The van der Waals surface area contributed by atoms with Gasteiger partial charge in [-0.2, -0.15) is 4.31 Å². The highest BCUT2D eigenvalue weighted by Crippen LogP contribution is 2.29. The number of carbonyl (C=O) groups excluding carboxylic acids is 2. The molecule has 2 aliphatic heterocycles. The molecule has 154 valence electrons. The van der Waals surface area contributed by atoms with Crippen LogP contribution in [-0.4, -0.2) is 62.2 Å². The van der Waals surface area contributed by atoms with Crippen LogP contribution < -0.4 is 4.90 Å². The van der Waals surface area contributed by atoms with Crippen molar-refractivity contribution in [1.82, 2.24) is 9.21 Å². The van der Waals surface area contributed by atoms with Crippen LogP contribution in [0.4, 0.5) is 5.69 Å². The van der Waals surface area contributed by atoms with Crippen molar-refractivity contribution in [2.45, 2.75) is 10.6 Å². The van der Waals surface area contributed by atoms with E-state index in [1.807, 2.05) is 0 Å². The van der Waals surface area contributed by atoms with Crippen molar-refractivity contribution >= 4 is 50.5 Å². The fourth-order valence-corrected chi connectivity index (χ4v) is 6.46. The number of sulfonamides is 1. The largest absolute Gasteiger partial charge is 0.340 e. The van der Waals surface area contributed by atoms with E-state index >= 15 is 0 Å². The predicted molar refractivity (Wildman–Crippen MR) is 112 cm³/mol. The van der Waals surface area contributed by atoms with E-state index in [1.165, 1.54) is 15.6 Å². The molecule has 2 fully saturated rings. The SMILES string of the molecule is O=C(C1CC(=O)N(c2cccc(Cl)c2)C1)N1CCN(S(=O)(=O)c2cccs2)CC1. The van der Waals surface area contributed by atoms with Crippen molar-refractivity contribution in [3.05, 3.63) is 46.8 Å². The van der Waals surface area contributed by atoms with Gasteiger partial charge in [0.1, 0.15) is 4.21 Å². The minimum Gasteiger partial charge on any atom is -0.340 e. The molecule has 1 aromatic carbocycles. The lowest BCUT2D eigenvalue weighted by atomic mass is 10.1. The fourth-order valence-electron chi connectivity index (χ4n) is 3.71. The Hall–Kier alpha value is -1.94. The highest BCUT2D eigenvalue weighted by atomic mass is 35.5. The second kappa shape index (κ2) is 8.06. The predicted octanol–water partition coefficient (Wildman–Crippen LogP) is 2.29. The first-order valence-electron chi connectivity index (χ1n) is 9.24. The van der Waals surface area contributed by atoms with E-state index in [9.17, 15) is 18.0 Å². The third-order valence-electron chi connectivity index (χ3n) is 5.23. The number of rotatable bonds is 4. The van der Waals surface area contributed by atoms with Gasteiger partial charge in [-0.25, -0.2) is 8.42 Å². The monoisotopic (exact) mass is 453 g/mol. The van der Waals surface area contributed by atoms with Gasteiger partial charge in [0, 0.05) is 49.9 Å². The molecule has 0 N–H and O–H groups in total. The summed E-state index contributed by atoms with van der Waals surface area (Å²) in [6, 6.07) is 10.3.